The molecule has 25 heavy (non-hydrogen) atoms. The lowest BCUT2D eigenvalue weighted by molar-refractivity contribution is 0.0779. The van der Waals surface area contributed by atoms with Crippen molar-refractivity contribution >= 4 is 29.7 Å². The minimum absolute atomic E-state index is 0. The van der Waals surface area contributed by atoms with Crippen molar-refractivity contribution in [3.05, 3.63) is 52.2 Å². The molecule has 1 aliphatic carbocycles. The van der Waals surface area contributed by atoms with Crippen LogP contribution in [-0.4, -0.2) is 29.9 Å². The number of likely N-dealkylation sites (tertiary alicyclic amines) is 1. The van der Waals surface area contributed by atoms with Crippen molar-refractivity contribution in [3.8, 4) is 5.75 Å². The van der Waals surface area contributed by atoms with Gasteiger partial charge in [-0.05, 0) is 54.3 Å². The molecule has 1 saturated carbocycles. The Hall–Kier alpha value is -1.56. The molecule has 134 valence electrons. The van der Waals surface area contributed by atoms with Gasteiger partial charge in [0, 0.05) is 29.6 Å². The van der Waals surface area contributed by atoms with Crippen LogP contribution < -0.4 is 10.5 Å². The molecule has 4 rings (SSSR count). The standard InChI is InChI=1S/C19H22N2O2S.ClH/c20-18-7-6-14-10-21(11-17(14)18)19(22)13-3-1-4-15(9-13)23-12-16-5-2-8-24-16;/h1-5,8-9,14,17-18H,6-7,10-12,20H2;1H. The summed E-state index contributed by atoms with van der Waals surface area (Å²) in [7, 11) is 0. The maximum atomic E-state index is 12.8. The van der Waals surface area contributed by atoms with E-state index in [9.17, 15) is 4.79 Å². The third-order valence-corrected chi connectivity index (χ3v) is 6.09. The van der Waals surface area contributed by atoms with E-state index in [0.717, 1.165) is 31.7 Å². The molecule has 1 aromatic carbocycles. The first kappa shape index (κ1) is 18.2. The van der Waals surface area contributed by atoms with Crippen LogP contribution in [0.4, 0.5) is 0 Å². The van der Waals surface area contributed by atoms with E-state index in [1.165, 1.54) is 4.88 Å². The van der Waals surface area contributed by atoms with Gasteiger partial charge in [0.05, 0.1) is 0 Å². The predicted molar refractivity (Wildman–Crippen MR) is 102 cm³/mol. The van der Waals surface area contributed by atoms with Crippen LogP contribution in [0, 0.1) is 11.8 Å². The van der Waals surface area contributed by atoms with Crippen LogP contribution in [0.3, 0.4) is 0 Å². The lowest BCUT2D eigenvalue weighted by atomic mass is 9.98. The summed E-state index contributed by atoms with van der Waals surface area (Å²) in [4.78, 5) is 15.9. The Morgan fingerprint density at radius 3 is 2.88 bits per heavy atom. The van der Waals surface area contributed by atoms with Crippen molar-refractivity contribution in [2.24, 2.45) is 17.6 Å². The Bertz CT molecular complexity index is 722. The molecular weight excluding hydrogens is 356 g/mol. The summed E-state index contributed by atoms with van der Waals surface area (Å²) in [5.41, 5.74) is 6.88. The van der Waals surface area contributed by atoms with Gasteiger partial charge in [0.1, 0.15) is 12.4 Å². The number of thiophene rings is 1. The first-order chi connectivity index (χ1) is 11.7. The SMILES string of the molecule is Cl.NC1CCC2CN(C(=O)c3cccc(OCc4cccs4)c3)CC12. The van der Waals surface area contributed by atoms with E-state index < -0.39 is 0 Å². The Labute approximate surface area is 158 Å². The topological polar surface area (TPSA) is 55.6 Å². The molecule has 2 aromatic rings. The van der Waals surface area contributed by atoms with Gasteiger partial charge in [-0.15, -0.1) is 23.7 Å². The number of carbonyl (C=O) groups is 1. The van der Waals surface area contributed by atoms with Gasteiger partial charge in [0.25, 0.3) is 5.91 Å². The summed E-state index contributed by atoms with van der Waals surface area (Å²) in [5.74, 6) is 1.90. The molecule has 4 nitrogen and oxygen atoms in total. The fourth-order valence-corrected chi connectivity index (χ4v) is 4.54. The van der Waals surface area contributed by atoms with Crippen molar-refractivity contribution in [3.63, 3.8) is 0 Å². The van der Waals surface area contributed by atoms with Crippen molar-refractivity contribution in [2.45, 2.75) is 25.5 Å². The lowest BCUT2D eigenvalue weighted by Crippen LogP contribution is -2.33. The number of hydrogen-bond acceptors (Lipinski definition) is 4. The largest absolute Gasteiger partial charge is 0.488 e. The maximum absolute atomic E-state index is 12.8. The quantitative estimate of drug-likeness (QED) is 0.884. The normalized spacial score (nSPS) is 24.7. The molecule has 6 heteroatoms. The van der Waals surface area contributed by atoms with Gasteiger partial charge in [0.2, 0.25) is 0 Å². The molecule has 1 aliphatic heterocycles. The molecule has 1 aromatic heterocycles. The Morgan fingerprint density at radius 2 is 2.12 bits per heavy atom. The maximum Gasteiger partial charge on any atom is 0.254 e. The van der Waals surface area contributed by atoms with Crippen molar-refractivity contribution < 1.29 is 9.53 Å². The number of amides is 1. The molecule has 2 N–H and O–H groups in total. The second kappa shape index (κ2) is 7.77. The van der Waals surface area contributed by atoms with E-state index in [4.69, 9.17) is 10.5 Å². The number of fused-ring (bicyclic) bond motifs is 1. The Kier molecular flexibility index (Phi) is 5.67. The van der Waals surface area contributed by atoms with E-state index in [-0.39, 0.29) is 24.4 Å². The van der Waals surface area contributed by atoms with E-state index >= 15 is 0 Å². The minimum Gasteiger partial charge on any atom is -0.488 e. The number of carbonyl (C=O) groups excluding carboxylic acids is 1. The van der Waals surface area contributed by atoms with Gasteiger partial charge in [-0.25, -0.2) is 0 Å². The average Bonchev–Trinajstić information content (AvgIpc) is 3.32. The summed E-state index contributed by atoms with van der Waals surface area (Å²) < 4.78 is 5.82. The van der Waals surface area contributed by atoms with Gasteiger partial charge in [0.15, 0.2) is 0 Å². The second-order valence-corrected chi connectivity index (χ2v) is 7.80. The van der Waals surface area contributed by atoms with Crippen LogP contribution in [0.15, 0.2) is 41.8 Å². The Morgan fingerprint density at radius 1 is 1.24 bits per heavy atom. The van der Waals surface area contributed by atoms with Crippen LogP contribution in [-0.2, 0) is 6.61 Å². The van der Waals surface area contributed by atoms with Crippen molar-refractivity contribution in [1.82, 2.24) is 4.90 Å². The number of hydrogen-bond donors (Lipinski definition) is 1. The molecular formula is C19H23ClN2O2S. The number of rotatable bonds is 4. The highest BCUT2D eigenvalue weighted by Crippen LogP contribution is 2.37. The summed E-state index contributed by atoms with van der Waals surface area (Å²) in [5, 5.41) is 2.04. The monoisotopic (exact) mass is 378 g/mol. The third-order valence-electron chi connectivity index (χ3n) is 5.24. The third kappa shape index (κ3) is 3.84. The number of nitrogens with two attached hydrogens (primary N) is 1. The van der Waals surface area contributed by atoms with E-state index in [2.05, 4.69) is 0 Å². The van der Waals surface area contributed by atoms with Crippen LogP contribution in [0.2, 0.25) is 0 Å². The van der Waals surface area contributed by atoms with E-state index in [1.54, 1.807) is 11.3 Å². The molecule has 2 heterocycles. The van der Waals surface area contributed by atoms with E-state index in [1.807, 2.05) is 46.7 Å². The smallest absolute Gasteiger partial charge is 0.254 e. The fraction of sp³-hybridized carbons (Fsp3) is 0.421. The second-order valence-electron chi connectivity index (χ2n) is 6.77. The van der Waals surface area contributed by atoms with Crippen LogP contribution in [0.5, 0.6) is 5.75 Å². The number of benzene rings is 1. The Balaban J connectivity index is 0.00000182. The van der Waals surface area contributed by atoms with E-state index in [0.29, 0.717) is 24.0 Å². The van der Waals surface area contributed by atoms with Gasteiger partial charge in [-0.1, -0.05) is 12.1 Å². The minimum atomic E-state index is 0. The first-order valence-corrected chi connectivity index (χ1v) is 9.39. The van der Waals surface area contributed by atoms with Crippen molar-refractivity contribution in [2.75, 3.05) is 13.1 Å². The summed E-state index contributed by atoms with van der Waals surface area (Å²) in [6.45, 7) is 2.18. The molecule has 0 spiro atoms. The van der Waals surface area contributed by atoms with Crippen molar-refractivity contribution in [1.29, 1.82) is 0 Å². The molecule has 2 aliphatic rings. The van der Waals surface area contributed by atoms with Crippen LogP contribution >= 0.6 is 23.7 Å². The van der Waals surface area contributed by atoms with Gasteiger partial charge < -0.3 is 15.4 Å². The van der Waals surface area contributed by atoms with Gasteiger partial charge >= 0.3 is 0 Å². The average molecular weight is 379 g/mol. The zero-order valence-electron chi connectivity index (χ0n) is 14.0. The molecule has 0 bridgehead atoms. The summed E-state index contributed by atoms with van der Waals surface area (Å²) in [6.07, 6.45) is 2.25. The molecule has 1 saturated heterocycles. The van der Waals surface area contributed by atoms with Gasteiger partial charge in [-0.3, -0.25) is 4.79 Å². The molecule has 1 amide bonds. The first-order valence-electron chi connectivity index (χ1n) is 8.51. The number of ether oxygens (including phenoxy) is 1. The summed E-state index contributed by atoms with van der Waals surface area (Å²) >= 11 is 1.67. The number of nitrogens with zero attached hydrogens (tertiary/aromatic N) is 1. The predicted octanol–water partition coefficient (Wildman–Crippen LogP) is 3.56. The molecule has 3 atom stereocenters. The van der Waals surface area contributed by atoms with Crippen LogP contribution in [0.1, 0.15) is 28.1 Å². The van der Waals surface area contributed by atoms with Crippen LogP contribution in [0.25, 0.3) is 0 Å². The summed E-state index contributed by atoms with van der Waals surface area (Å²) in [6, 6.07) is 11.8. The molecule has 0 radical (unpaired) electrons. The zero-order valence-corrected chi connectivity index (χ0v) is 15.6. The lowest BCUT2D eigenvalue weighted by Gasteiger charge is -2.19. The highest BCUT2D eigenvalue weighted by Gasteiger charge is 2.42. The molecule has 2 fully saturated rings. The molecule has 3 unspecified atom stereocenters. The number of halogens is 1. The fourth-order valence-electron chi connectivity index (χ4n) is 3.92. The highest BCUT2D eigenvalue weighted by molar-refractivity contribution is 7.09. The van der Waals surface area contributed by atoms with Gasteiger partial charge in [-0.2, -0.15) is 0 Å². The zero-order chi connectivity index (χ0) is 16.5. The highest BCUT2D eigenvalue weighted by atomic mass is 35.5.